The Morgan fingerprint density at radius 1 is 1.33 bits per heavy atom. The van der Waals surface area contributed by atoms with Crippen molar-refractivity contribution in [2.24, 2.45) is 7.05 Å². The predicted octanol–water partition coefficient (Wildman–Crippen LogP) is 1.72. The number of aromatic nitrogens is 4. The van der Waals surface area contributed by atoms with Gasteiger partial charge in [0.1, 0.15) is 11.5 Å². The SMILES string of the molecule is CN(Cc1cnn(C)c1)c1cc(=O)n2cc(Cl)ccc2n1. The van der Waals surface area contributed by atoms with Gasteiger partial charge in [-0.25, -0.2) is 4.98 Å². The van der Waals surface area contributed by atoms with Gasteiger partial charge < -0.3 is 4.90 Å². The molecule has 21 heavy (non-hydrogen) atoms. The Kier molecular flexibility index (Phi) is 3.39. The van der Waals surface area contributed by atoms with E-state index in [1.165, 1.54) is 10.5 Å². The van der Waals surface area contributed by atoms with Crippen molar-refractivity contribution in [1.29, 1.82) is 0 Å². The molecule has 0 amide bonds. The molecule has 3 aromatic rings. The minimum absolute atomic E-state index is 0.157. The maximum absolute atomic E-state index is 12.1. The number of pyridine rings is 1. The van der Waals surface area contributed by atoms with Crippen molar-refractivity contribution in [3.05, 3.63) is 57.7 Å². The van der Waals surface area contributed by atoms with E-state index >= 15 is 0 Å². The third-order valence-electron chi connectivity index (χ3n) is 3.18. The monoisotopic (exact) mass is 303 g/mol. The third kappa shape index (κ3) is 2.75. The van der Waals surface area contributed by atoms with E-state index in [-0.39, 0.29) is 5.56 Å². The molecule has 0 aromatic carbocycles. The lowest BCUT2D eigenvalue weighted by Crippen LogP contribution is -2.22. The molecule has 3 heterocycles. The Hall–Kier alpha value is -2.34. The molecule has 0 atom stereocenters. The second kappa shape index (κ2) is 5.21. The summed E-state index contributed by atoms with van der Waals surface area (Å²) >= 11 is 5.90. The van der Waals surface area contributed by atoms with E-state index in [0.29, 0.717) is 23.0 Å². The zero-order valence-electron chi connectivity index (χ0n) is 11.7. The number of rotatable bonds is 3. The molecule has 3 aromatic heterocycles. The van der Waals surface area contributed by atoms with Crippen LogP contribution in [0.15, 0.2) is 41.6 Å². The molecule has 108 valence electrons. The molecule has 0 aliphatic heterocycles. The Bertz CT molecular complexity index is 854. The van der Waals surface area contributed by atoms with Crippen LogP contribution in [-0.2, 0) is 13.6 Å². The minimum atomic E-state index is -0.157. The Labute approximate surface area is 126 Å². The number of halogens is 1. The number of anilines is 1. The molecule has 0 N–H and O–H groups in total. The first-order valence-corrected chi connectivity index (χ1v) is 6.78. The summed E-state index contributed by atoms with van der Waals surface area (Å²) < 4.78 is 3.18. The molecular weight excluding hydrogens is 290 g/mol. The normalized spacial score (nSPS) is 11.0. The van der Waals surface area contributed by atoms with Gasteiger partial charge in [-0.1, -0.05) is 11.6 Å². The average Bonchev–Trinajstić information content (AvgIpc) is 2.84. The topological polar surface area (TPSA) is 55.4 Å². The smallest absolute Gasteiger partial charge is 0.260 e. The zero-order valence-corrected chi connectivity index (χ0v) is 12.4. The van der Waals surface area contributed by atoms with Gasteiger partial charge in [-0.2, -0.15) is 5.10 Å². The fourth-order valence-corrected chi connectivity index (χ4v) is 2.33. The van der Waals surface area contributed by atoms with E-state index in [1.807, 2.05) is 25.2 Å². The van der Waals surface area contributed by atoms with E-state index in [4.69, 9.17) is 11.6 Å². The molecule has 0 aliphatic carbocycles. The molecule has 0 bridgehead atoms. The summed E-state index contributed by atoms with van der Waals surface area (Å²) in [6.07, 6.45) is 5.30. The van der Waals surface area contributed by atoms with E-state index < -0.39 is 0 Å². The Balaban J connectivity index is 1.96. The fourth-order valence-electron chi connectivity index (χ4n) is 2.17. The number of hydrogen-bond acceptors (Lipinski definition) is 4. The van der Waals surface area contributed by atoms with Gasteiger partial charge in [0, 0.05) is 44.7 Å². The fraction of sp³-hybridized carbons (Fsp3) is 0.214. The van der Waals surface area contributed by atoms with Crippen LogP contribution < -0.4 is 10.5 Å². The van der Waals surface area contributed by atoms with Crippen LogP contribution in [-0.4, -0.2) is 26.2 Å². The van der Waals surface area contributed by atoms with Gasteiger partial charge in [0.25, 0.3) is 5.56 Å². The van der Waals surface area contributed by atoms with E-state index in [9.17, 15) is 4.79 Å². The van der Waals surface area contributed by atoms with Crippen molar-refractivity contribution < 1.29 is 0 Å². The number of nitrogens with zero attached hydrogens (tertiary/aromatic N) is 5. The van der Waals surface area contributed by atoms with Crippen LogP contribution in [0.25, 0.3) is 5.65 Å². The quantitative estimate of drug-likeness (QED) is 0.739. The summed E-state index contributed by atoms with van der Waals surface area (Å²) in [5, 5.41) is 4.63. The molecule has 0 unspecified atom stereocenters. The zero-order chi connectivity index (χ0) is 15.0. The molecule has 0 spiro atoms. The molecule has 6 nitrogen and oxygen atoms in total. The first-order chi connectivity index (χ1) is 10.0. The predicted molar refractivity (Wildman–Crippen MR) is 81.8 cm³/mol. The maximum Gasteiger partial charge on any atom is 0.260 e. The van der Waals surface area contributed by atoms with Crippen LogP contribution in [0.1, 0.15) is 5.56 Å². The second-order valence-electron chi connectivity index (χ2n) is 4.91. The summed E-state index contributed by atoms with van der Waals surface area (Å²) in [4.78, 5) is 18.5. The molecule has 7 heteroatoms. The van der Waals surface area contributed by atoms with Crippen LogP contribution in [0.2, 0.25) is 5.02 Å². The van der Waals surface area contributed by atoms with Crippen molar-refractivity contribution in [3.63, 3.8) is 0 Å². The summed E-state index contributed by atoms with van der Waals surface area (Å²) in [6.45, 7) is 0.629. The van der Waals surface area contributed by atoms with Crippen LogP contribution in [0.5, 0.6) is 0 Å². The van der Waals surface area contributed by atoms with Gasteiger partial charge in [0.2, 0.25) is 0 Å². The number of aryl methyl sites for hydroxylation is 1. The van der Waals surface area contributed by atoms with Gasteiger partial charge >= 0.3 is 0 Å². The minimum Gasteiger partial charge on any atom is -0.355 e. The van der Waals surface area contributed by atoms with Crippen molar-refractivity contribution in [2.75, 3.05) is 11.9 Å². The van der Waals surface area contributed by atoms with Crippen molar-refractivity contribution >= 4 is 23.1 Å². The van der Waals surface area contributed by atoms with Gasteiger partial charge in [0.15, 0.2) is 0 Å². The van der Waals surface area contributed by atoms with Crippen LogP contribution in [0.4, 0.5) is 5.82 Å². The Morgan fingerprint density at radius 2 is 2.14 bits per heavy atom. The van der Waals surface area contributed by atoms with Gasteiger partial charge in [-0.05, 0) is 12.1 Å². The molecule has 0 saturated carbocycles. The van der Waals surface area contributed by atoms with Crippen LogP contribution in [0, 0.1) is 0 Å². The highest BCUT2D eigenvalue weighted by molar-refractivity contribution is 6.30. The van der Waals surface area contributed by atoms with Crippen LogP contribution >= 0.6 is 11.6 Å². The van der Waals surface area contributed by atoms with E-state index in [1.54, 1.807) is 29.2 Å². The van der Waals surface area contributed by atoms with E-state index in [2.05, 4.69) is 10.1 Å². The molecule has 0 saturated heterocycles. The standard InChI is InChI=1S/C14H14ClN5O/c1-18(7-10-6-16-19(2)8-10)13-5-14(21)20-9-11(15)3-4-12(20)17-13/h3-6,8-9H,7H2,1-2H3. The third-order valence-corrected chi connectivity index (χ3v) is 3.40. The second-order valence-corrected chi connectivity index (χ2v) is 5.34. The van der Waals surface area contributed by atoms with Crippen LogP contribution in [0.3, 0.4) is 0 Å². The number of hydrogen-bond donors (Lipinski definition) is 0. The Morgan fingerprint density at radius 3 is 2.86 bits per heavy atom. The molecule has 0 fully saturated rings. The molecular formula is C14H14ClN5O. The molecule has 0 radical (unpaired) electrons. The summed E-state index contributed by atoms with van der Waals surface area (Å²) in [5.74, 6) is 0.617. The average molecular weight is 304 g/mol. The van der Waals surface area contributed by atoms with Crippen molar-refractivity contribution in [3.8, 4) is 0 Å². The molecule has 3 rings (SSSR count). The highest BCUT2D eigenvalue weighted by Gasteiger charge is 2.08. The first kappa shape index (κ1) is 13.6. The molecule has 0 aliphatic rings. The summed E-state index contributed by atoms with van der Waals surface area (Å²) in [5.41, 5.74) is 1.47. The van der Waals surface area contributed by atoms with Crippen molar-refractivity contribution in [1.82, 2.24) is 19.2 Å². The first-order valence-electron chi connectivity index (χ1n) is 6.40. The summed E-state index contributed by atoms with van der Waals surface area (Å²) in [6, 6.07) is 4.94. The highest BCUT2D eigenvalue weighted by Crippen LogP contribution is 2.14. The highest BCUT2D eigenvalue weighted by atomic mass is 35.5. The van der Waals surface area contributed by atoms with Crippen molar-refractivity contribution in [2.45, 2.75) is 6.54 Å². The lowest BCUT2D eigenvalue weighted by Gasteiger charge is -2.17. The maximum atomic E-state index is 12.1. The largest absolute Gasteiger partial charge is 0.355 e. The van der Waals surface area contributed by atoms with Gasteiger partial charge in [-0.3, -0.25) is 13.9 Å². The lowest BCUT2D eigenvalue weighted by atomic mass is 10.3. The van der Waals surface area contributed by atoms with E-state index in [0.717, 1.165) is 5.56 Å². The van der Waals surface area contributed by atoms with Gasteiger partial charge in [0.05, 0.1) is 11.2 Å². The van der Waals surface area contributed by atoms with Gasteiger partial charge in [-0.15, -0.1) is 0 Å². The summed E-state index contributed by atoms with van der Waals surface area (Å²) in [7, 11) is 3.76. The number of fused-ring (bicyclic) bond motifs is 1. The lowest BCUT2D eigenvalue weighted by molar-refractivity contribution is 0.766.